The third kappa shape index (κ3) is 4.41. The molecule has 4 N–H and O–H groups in total. The number of benzene rings is 1. The van der Waals surface area contributed by atoms with Crippen LogP contribution in [0.1, 0.15) is 11.3 Å². The van der Waals surface area contributed by atoms with Crippen LogP contribution >= 0.6 is 23.8 Å². The quantitative estimate of drug-likeness (QED) is 0.455. The molecule has 0 aliphatic heterocycles. The molecular weight excluding hydrogens is 318 g/mol. The average molecular weight is 334 g/mol. The van der Waals surface area contributed by atoms with Gasteiger partial charge in [-0.25, -0.2) is 0 Å². The molecule has 0 bridgehead atoms. The minimum atomic E-state index is -0.160. The molecule has 0 saturated carbocycles. The summed E-state index contributed by atoms with van der Waals surface area (Å²) in [6.45, 7) is 0.801. The van der Waals surface area contributed by atoms with Gasteiger partial charge in [0.2, 0.25) is 0 Å². The lowest BCUT2D eigenvalue weighted by atomic mass is 10.2. The molecule has 2 aromatic rings. The maximum Gasteiger partial charge on any atom is 0.195 e. The van der Waals surface area contributed by atoms with E-state index in [1.165, 1.54) is 4.90 Å². The molecule has 0 spiro atoms. The third-order valence-corrected chi connectivity index (χ3v) is 3.67. The highest BCUT2D eigenvalue weighted by Crippen LogP contribution is 2.14. The molecule has 0 atom stereocenters. The zero-order valence-electron chi connectivity index (χ0n) is 11.8. The Morgan fingerprint density at radius 2 is 2.00 bits per heavy atom. The Kier molecular flexibility index (Phi) is 5.68. The molecule has 1 aromatic heterocycles. The molecule has 0 radical (unpaired) electrons. The molecule has 1 aromatic carbocycles. The highest BCUT2D eigenvalue weighted by atomic mass is 35.5. The van der Waals surface area contributed by atoms with Crippen molar-refractivity contribution in [2.75, 3.05) is 0 Å². The number of thiocarbonyl (C=S) groups is 1. The fourth-order valence-corrected chi connectivity index (χ4v) is 2.24. The first-order chi connectivity index (χ1) is 10.6. The highest BCUT2D eigenvalue weighted by molar-refractivity contribution is 7.80. The minimum absolute atomic E-state index is 0.160. The van der Waals surface area contributed by atoms with Crippen molar-refractivity contribution in [2.45, 2.75) is 13.1 Å². The van der Waals surface area contributed by atoms with Crippen LogP contribution in [-0.2, 0) is 13.1 Å². The second kappa shape index (κ2) is 7.72. The van der Waals surface area contributed by atoms with Crippen molar-refractivity contribution >= 4 is 34.9 Å². The van der Waals surface area contributed by atoms with Gasteiger partial charge >= 0.3 is 0 Å². The van der Waals surface area contributed by atoms with Gasteiger partial charge in [0.1, 0.15) is 0 Å². The minimum Gasteiger partial charge on any atom is -0.370 e. The van der Waals surface area contributed by atoms with Gasteiger partial charge in [-0.2, -0.15) is 0 Å². The lowest BCUT2D eigenvalue weighted by Gasteiger charge is -2.24. The van der Waals surface area contributed by atoms with Crippen molar-refractivity contribution in [3.05, 3.63) is 64.9 Å². The fraction of sp³-hybridized carbons (Fsp3) is 0.133. The van der Waals surface area contributed by atoms with Gasteiger partial charge in [-0.3, -0.25) is 15.3 Å². The summed E-state index contributed by atoms with van der Waals surface area (Å²) in [5.74, 6) is -0.160. The van der Waals surface area contributed by atoms with Crippen LogP contribution in [-0.4, -0.2) is 21.0 Å². The third-order valence-electron chi connectivity index (χ3n) is 2.97. The molecule has 0 saturated heterocycles. The molecule has 0 amide bonds. The number of nitrogens with two attached hydrogens (primary N) is 1. The van der Waals surface area contributed by atoms with E-state index in [1.54, 1.807) is 18.3 Å². The van der Waals surface area contributed by atoms with E-state index in [1.807, 2.05) is 30.3 Å². The number of hydrogen-bond acceptors (Lipinski definition) is 3. The van der Waals surface area contributed by atoms with Crippen LogP contribution in [0.15, 0.2) is 48.7 Å². The number of nitrogens with one attached hydrogen (secondary N) is 2. The summed E-state index contributed by atoms with van der Waals surface area (Å²) in [7, 11) is 0. The zero-order valence-corrected chi connectivity index (χ0v) is 13.4. The Bertz CT molecular complexity index is 662. The second-order valence-corrected chi connectivity index (χ2v) is 5.34. The number of aromatic nitrogens is 1. The summed E-state index contributed by atoms with van der Waals surface area (Å²) in [6, 6.07) is 13.3. The molecule has 114 valence electrons. The van der Waals surface area contributed by atoms with Gasteiger partial charge in [-0.05, 0) is 29.9 Å². The largest absolute Gasteiger partial charge is 0.370 e. The van der Waals surface area contributed by atoms with Crippen LogP contribution < -0.4 is 11.1 Å². The van der Waals surface area contributed by atoms with Crippen molar-refractivity contribution in [1.29, 1.82) is 5.41 Å². The van der Waals surface area contributed by atoms with Crippen LogP contribution in [0.5, 0.6) is 0 Å². The molecule has 22 heavy (non-hydrogen) atoms. The molecule has 2 rings (SSSR count). The predicted molar refractivity (Wildman–Crippen MR) is 92.6 cm³/mol. The van der Waals surface area contributed by atoms with E-state index in [-0.39, 0.29) is 12.5 Å². The fourth-order valence-electron chi connectivity index (χ4n) is 1.82. The summed E-state index contributed by atoms with van der Waals surface area (Å²) in [4.78, 5) is 5.64. The normalized spacial score (nSPS) is 10.0. The summed E-state index contributed by atoms with van der Waals surface area (Å²) in [5.41, 5.74) is 7.32. The van der Waals surface area contributed by atoms with E-state index in [0.29, 0.717) is 22.4 Å². The van der Waals surface area contributed by atoms with E-state index in [4.69, 9.17) is 35.0 Å². The lowest BCUT2D eigenvalue weighted by molar-refractivity contribution is 0.565. The Hall–Kier alpha value is -2.18. The molecule has 0 fully saturated rings. The number of pyridine rings is 1. The van der Waals surface area contributed by atoms with Gasteiger partial charge in [-0.1, -0.05) is 41.9 Å². The Balaban J connectivity index is 2.03. The molecular formula is C15H16ClN5S. The monoisotopic (exact) mass is 333 g/mol. The van der Waals surface area contributed by atoms with Crippen molar-refractivity contribution in [2.24, 2.45) is 5.73 Å². The number of halogens is 1. The number of hydrogen-bond donors (Lipinski definition) is 3. The van der Waals surface area contributed by atoms with Crippen LogP contribution in [0.25, 0.3) is 0 Å². The Labute approximate surface area is 139 Å². The maximum absolute atomic E-state index is 7.69. The van der Waals surface area contributed by atoms with E-state index in [9.17, 15) is 0 Å². The zero-order chi connectivity index (χ0) is 15.9. The first kappa shape index (κ1) is 16.2. The smallest absolute Gasteiger partial charge is 0.195 e. The number of guanidine groups is 1. The van der Waals surface area contributed by atoms with Crippen LogP contribution in [0, 0.1) is 5.41 Å². The average Bonchev–Trinajstić information content (AvgIpc) is 2.52. The molecule has 1 heterocycles. The standard InChI is InChI=1S/C15H16ClN5S/c16-12-7-4-8-19-13(12)10-21(14(17)18)15(22)20-9-11-5-2-1-3-6-11/h1-8H,9-10H2,(H3,17,18)(H,20,22). The van der Waals surface area contributed by atoms with Crippen molar-refractivity contribution in [3.8, 4) is 0 Å². The SMILES string of the molecule is N=C(N)N(Cc1ncccc1Cl)C(=S)NCc1ccccc1. The van der Waals surface area contributed by atoms with Gasteiger partial charge in [0.25, 0.3) is 0 Å². The molecule has 5 nitrogen and oxygen atoms in total. The van der Waals surface area contributed by atoms with Gasteiger partial charge in [0.05, 0.1) is 17.3 Å². The van der Waals surface area contributed by atoms with E-state index >= 15 is 0 Å². The maximum atomic E-state index is 7.69. The van der Waals surface area contributed by atoms with Gasteiger partial charge < -0.3 is 11.1 Å². The van der Waals surface area contributed by atoms with E-state index in [2.05, 4.69) is 10.3 Å². The second-order valence-electron chi connectivity index (χ2n) is 4.55. The van der Waals surface area contributed by atoms with Crippen molar-refractivity contribution in [3.63, 3.8) is 0 Å². The van der Waals surface area contributed by atoms with Crippen LogP contribution in [0.3, 0.4) is 0 Å². The summed E-state index contributed by atoms with van der Waals surface area (Å²) >= 11 is 11.4. The number of nitrogens with zero attached hydrogens (tertiary/aromatic N) is 2. The Morgan fingerprint density at radius 3 is 2.64 bits per heavy atom. The van der Waals surface area contributed by atoms with Gasteiger partial charge in [0, 0.05) is 12.7 Å². The molecule has 0 unspecified atom stereocenters. The predicted octanol–water partition coefficient (Wildman–Crippen LogP) is 2.51. The molecule has 0 aliphatic carbocycles. The topological polar surface area (TPSA) is 78.0 Å². The van der Waals surface area contributed by atoms with Gasteiger partial charge in [0.15, 0.2) is 11.1 Å². The molecule has 7 heteroatoms. The van der Waals surface area contributed by atoms with Crippen LogP contribution in [0.4, 0.5) is 0 Å². The van der Waals surface area contributed by atoms with Crippen molar-refractivity contribution < 1.29 is 0 Å². The van der Waals surface area contributed by atoms with E-state index < -0.39 is 0 Å². The Morgan fingerprint density at radius 1 is 1.27 bits per heavy atom. The first-order valence-corrected chi connectivity index (χ1v) is 7.39. The highest BCUT2D eigenvalue weighted by Gasteiger charge is 2.15. The van der Waals surface area contributed by atoms with Gasteiger partial charge in [-0.15, -0.1) is 0 Å². The lowest BCUT2D eigenvalue weighted by Crippen LogP contribution is -2.46. The number of rotatable bonds is 4. The summed E-state index contributed by atoms with van der Waals surface area (Å²) in [6.07, 6.45) is 1.64. The van der Waals surface area contributed by atoms with Crippen molar-refractivity contribution in [1.82, 2.24) is 15.2 Å². The summed E-state index contributed by atoms with van der Waals surface area (Å²) < 4.78 is 0. The summed E-state index contributed by atoms with van der Waals surface area (Å²) in [5, 5.41) is 11.6. The van der Waals surface area contributed by atoms with Crippen LogP contribution in [0.2, 0.25) is 5.02 Å². The first-order valence-electron chi connectivity index (χ1n) is 6.60. The van der Waals surface area contributed by atoms with E-state index in [0.717, 1.165) is 5.56 Å². The molecule has 0 aliphatic rings.